The van der Waals surface area contributed by atoms with Crippen LogP contribution in [0.15, 0.2) is 18.3 Å². The third-order valence-electron chi connectivity index (χ3n) is 1.76. The van der Waals surface area contributed by atoms with E-state index in [4.69, 9.17) is 5.11 Å². The summed E-state index contributed by atoms with van der Waals surface area (Å²) in [7, 11) is 0. The van der Waals surface area contributed by atoms with Crippen LogP contribution in [0.5, 0.6) is 0 Å². The van der Waals surface area contributed by atoms with Crippen molar-refractivity contribution in [2.24, 2.45) is 0 Å². The molecule has 0 spiro atoms. The molecule has 0 saturated carbocycles. The summed E-state index contributed by atoms with van der Waals surface area (Å²) in [6, 6.07) is 2.29. The van der Waals surface area contributed by atoms with Gasteiger partial charge in [0.1, 0.15) is 0 Å². The molecule has 78 valence electrons. The minimum Gasteiger partial charge on any atom is -0.618 e. The van der Waals surface area contributed by atoms with Crippen molar-refractivity contribution in [3.63, 3.8) is 0 Å². The topological polar surface area (TPSA) is 47.2 Å². The maximum Gasteiger partial charge on any atom is 0.418 e. The van der Waals surface area contributed by atoms with Gasteiger partial charge in [-0.05, 0) is 6.07 Å². The normalized spacial score (nSPS) is 14.1. The first kappa shape index (κ1) is 10.8. The van der Waals surface area contributed by atoms with E-state index in [2.05, 4.69) is 0 Å². The Bertz CT molecular complexity index is 338. The number of aryl methyl sites for hydroxylation is 1. The number of aromatic nitrogens is 1. The van der Waals surface area contributed by atoms with Gasteiger partial charge >= 0.3 is 6.18 Å². The predicted molar refractivity (Wildman–Crippen MR) is 41.2 cm³/mol. The number of nitrogens with zero attached hydrogens (tertiary/aromatic N) is 1. The first-order chi connectivity index (χ1) is 6.32. The molecule has 1 rings (SSSR count). The molecule has 0 bridgehead atoms. The van der Waals surface area contributed by atoms with Gasteiger partial charge < -0.3 is 10.3 Å². The molecule has 0 radical (unpaired) electrons. The molecule has 3 nitrogen and oxygen atoms in total. The Hall–Kier alpha value is -1.30. The average Bonchev–Trinajstić information content (AvgIpc) is 2.07. The van der Waals surface area contributed by atoms with Crippen LogP contribution >= 0.6 is 0 Å². The van der Waals surface area contributed by atoms with Crippen molar-refractivity contribution >= 4 is 0 Å². The maximum absolute atomic E-state index is 12.0. The lowest BCUT2D eigenvalue weighted by atomic mass is 10.1. The Balaban J connectivity index is 3.03. The molecule has 0 amide bonds. The predicted octanol–water partition coefficient (Wildman–Crippen LogP) is 1.22. The van der Waals surface area contributed by atoms with Crippen LogP contribution in [0.3, 0.4) is 0 Å². The highest BCUT2D eigenvalue weighted by Crippen LogP contribution is 2.31. The fourth-order valence-corrected chi connectivity index (χ4v) is 0.921. The number of alkyl halides is 3. The quantitative estimate of drug-likeness (QED) is 0.556. The average molecular weight is 207 g/mol. The molecule has 1 unspecified atom stereocenters. The van der Waals surface area contributed by atoms with Crippen LogP contribution in [0.4, 0.5) is 13.2 Å². The van der Waals surface area contributed by atoms with Crippen LogP contribution in [0.2, 0.25) is 0 Å². The van der Waals surface area contributed by atoms with Crippen LogP contribution in [0, 0.1) is 12.1 Å². The van der Waals surface area contributed by atoms with Crippen LogP contribution in [-0.4, -0.2) is 11.3 Å². The minimum atomic E-state index is -4.75. The van der Waals surface area contributed by atoms with Gasteiger partial charge in [-0.15, -0.1) is 0 Å². The monoisotopic (exact) mass is 207 g/mol. The number of rotatable bonds is 1. The van der Waals surface area contributed by atoms with Crippen LogP contribution in [0.25, 0.3) is 0 Å². The van der Waals surface area contributed by atoms with Crippen molar-refractivity contribution in [1.29, 1.82) is 0 Å². The van der Waals surface area contributed by atoms with Crippen LogP contribution in [0.1, 0.15) is 17.4 Å². The van der Waals surface area contributed by atoms with E-state index in [0.29, 0.717) is 6.20 Å². The zero-order valence-electron chi connectivity index (χ0n) is 7.25. The molecule has 1 atom stereocenters. The maximum atomic E-state index is 12.0. The minimum absolute atomic E-state index is 0.267. The Morgan fingerprint density at radius 1 is 1.43 bits per heavy atom. The Labute approximate surface area is 78.0 Å². The third kappa shape index (κ3) is 2.14. The molecule has 0 aromatic carbocycles. The molecular weight excluding hydrogens is 199 g/mol. The van der Waals surface area contributed by atoms with E-state index in [1.165, 1.54) is 13.0 Å². The number of hydrogen-bond acceptors (Lipinski definition) is 2. The summed E-state index contributed by atoms with van der Waals surface area (Å²) >= 11 is 0. The van der Waals surface area contributed by atoms with Gasteiger partial charge in [-0.25, -0.2) is 0 Å². The lowest BCUT2D eigenvalue weighted by Gasteiger charge is -2.14. The molecule has 0 fully saturated rings. The highest BCUT2D eigenvalue weighted by Gasteiger charge is 2.40. The molecular formula is C8H8F3NO2. The molecule has 1 heterocycles. The molecule has 0 aliphatic rings. The second-order valence-electron chi connectivity index (χ2n) is 2.87. The summed E-state index contributed by atoms with van der Waals surface area (Å²) in [5.41, 5.74) is -0.193. The highest BCUT2D eigenvalue weighted by atomic mass is 19.4. The molecule has 0 aliphatic heterocycles. The summed E-state index contributed by atoms with van der Waals surface area (Å²) in [5, 5.41) is 19.7. The van der Waals surface area contributed by atoms with E-state index >= 15 is 0 Å². The first-order valence-electron chi connectivity index (χ1n) is 3.77. The SMILES string of the molecule is Cc1ccc(C(O)C(F)(F)F)c[n+]1[O-]. The number of pyridine rings is 1. The largest absolute Gasteiger partial charge is 0.618 e. The fraction of sp³-hybridized carbons (Fsp3) is 0.375. The van der Waals surface area contributed by atoms with Crippen molar-refractivity contribution < 1.29 is 23.0 Å². The molecule has 1 aromatic rings. The molecule has 6 heteroatoms. The fourth-order valence-electron chi connectivity index (χ4n) is 0.921. The first-order valence-corrected chi connectivity index (χ1v) is 3.77. The zero-order chi connectivity index (χ0) is 10.9. The number of aliphatic hydroxyl groups excluding tert-OH is 1. The molecule has 1 aromatic heterocycles. The highest BCUT2D eigenvalue weighted by molar-refractivity contribution is 5.13. The molecule has 0 aliphatic carbocycles. The van der Waals surface area contributed by atoms with E-state index in [1.54, 1.807) is 0 Å². The summed E-state index contributed by atoms with van der Waals surface area (Å²) < 4.78 is 36.3. The van der Waals surface area contributed by atoms with E-state index in [1.807, 2.05) is 0 Å². The van der Waals surface area contributed by atoms with Gasteiger partial charge in [0.05, 0.1) is 5.56 Å². The van der Waals surface area contributed by atoms with Crippen molar-refractivity contribution in [2.45, 2.75) is 19.2 Å². The van der Waals surface area contributed by atoms with Gasteiger partial charge in [-0.2, -0.15) is 17.9 Å². The number of aliphatic hydroxyl groups is 1. The van der Waals surface area contributed by atoms with Gasteiger partial charge in [0.2, 0.25) is 0 Å². The Morgan fingerprint density at radius 2 is 2.00 bits per heavy atom. The van der Waals surface area contributed by atoms with E-state index in [-0.39, 0.29) is 10.4 Å². The summed E-state index contributed by atoms with van der Waals surface area (Å²) in [4.78, 5) is 0. The van der Waals surface area contributed by atoms with Crippen LogP contribution in [-0.2, 0) is 0 Å². The van der Waals surface area contributed by atoms with Crippen LogP contribution < -0.4 is 4.73 Å². The Morgan fingerprint density at radius 3 is 2.43 bits per heavy atom. The summed E-state index contributed by atoms with van der Waals surface area (Å²) in [6.45, 7) is 1.46. The zero-order valence-corrected chi connectivity index (χ0v) is 7.25. The molecule has 14 heavy (non-hydrogen) atoms. The molecule has 0 saturated heterocycles. The second kappa shape index (κ2) is 3.45. The number of halogens is 3. The van der Waals surface area contributed by atoms with Gasteiger partial charge in [-0.3, -0.25) is 0 Å². The molecule has 1 N–H and O–H groups in total. The summed E-state index contributed by atoms with van der Waals surface area (Å²) in [5.74, 6) is 0. The van der Waals surface area contributed by atoms with Gasteiger partial charge in [0, 0.05) is 13.0 Å². The van der Waals surface area contributed by atoms with Gasteiger partial charge in [0.25, 0.3) is 0 Å². The lowest BCUT2D eigenvalue weighted by Crippen LogP contribution is -2.32. The van der Waals surface area contributed by atoms with Crippen molar-refractivity contribution in [3.8, 4) is 0 Å². The van der Waals surface area contributed by atoms with Crippen molar-refractivity contribution in [3.05, 3.63) is 34.8 Å². The number of hydrogen-bond donors (Lipinski definition) is 1. The Kier molecular flexibility index (Phi) is 2.66. The van der Waals surface area contributed by atoms with E-state index in [0.717, 1.165) is 6.07 Å². The lowest BCUT2D eigenvalue weighted by molar-refractivity contribution is -0.613. The van der Waals surface area contributed by atoms with Crippen molar-refractivity contribution in [2.75, 3.05) is 0 Å². The van der Waals surface area contributed by atoms with E-state index < -0.39 is 17.8 Å². The standard InChI is InChI=1S/C8H8F3NO2/c1-5-2-3-6(4-12(5)14)7(13)8(9,10)11/h2-4,7,13H,1H3. The van der Waals surface area contributed by atoms with Gasteiger partial charge in [-0.1, -0.05) is 0 Å². The third-order valence-corrected chi connectivity index (χ3v) is 1.76. The van der Waals surface area contributed by atoms with Gasteiger partial charge in [0.15, 0.2) is 18.0 Å². The summed E-state index contributed by atoms with van der Waals surface area (Å²) in [6.07, 6.45) is -6.64. The van der Waals surface area contributed by atoms with Crippen molar-refractivity contribution in [1.82, 2.24) is 0 Å². The van der Waals surface area contributed by atoms with E-state index in [9.17, 15) is 18.4 Å². The second-order valence-corrected chi connectivity index (χ2v) is 2.87. The smallest absolute Gasteiger partial charge is 0.418 e.